The number of anilines is 2. The summed E-state index contributed by atoms with van der Waals surface area (Å²) in [5.41, 5.74) is 2.71. The van der Waals surface area contributed by atoms with Gasteiger partial charge in [-0.25, -0.2) is 12.7 Å². The minimum absolute atomic E-state index is 0.267. The summed E-state index contributed by atoms with van der Waals surface area (Å²) in [5.74, 6) is 0.413. The summed E-state index contributed by atoms with van der Waals surface area (Å²) in [7, 11) is -0.371. The zero-order valence-corrected chi connectivity index (χ0v) is 13.4. The van der Waals surface area contributed by atoms with Crippen LogP contribution in [-0.2, 0) is 15.9 Å². The number of benzene rings is 2. The summed E-state index contributed by atoms with van der Waals surface area (Å²) >= 11 is 5.89. The van der Waals surface area contributed by atoms with Gasteiger partial charge in [0.2, 0.25) is 10.0 Å². The first kappa shape index (κ1) is 15.8. The lowest BCUT2D eigenvalue weighted by atomic mass is 10.2. The Morgan fingerprint density at radius 1 is 1.05 bits per heavy atom. The normalized spacial score (nSPS) is 11.6. The SMILES string of the molecule is CN(C)S(=O)(=O)c1ccc(Nc2ccccc2CCl)cc1. The highest BCUT2D eigenvalue weighted by Crippen LogP contribution is 2.23. The largest absolute Gasteiger partial charge is 0.355 e. The van der Waals surface area contributed by atoms with Gasteiger partial charge in [-0.15, -0.1) is 11.6 Å². The van der Waals surface area contributed by atoms with Gasteiger partial charge in [0.15, 0.2) is 0 Å². The second kappa shape index (κ2) is 6.47. The molecule has 112 valence electrons. The van der Waals surface area contributed by atoms with Gasteiger partial charge in [0, 0.05) is 31.4 Å². The first-order valence-corrected chi connectivity index (χ1v) is 8.36. The van der Waals surface area contributed by atoms with Gasteiger partial charge in [-0.1, -0.05) is 18.2 Å². The molecule has 0 aliphatic rings. The first-order chi connectivity index (χ1) is 9.95. The predicted octanol–water partition coefficient (Wildman–Crippen LogP) is 3.42. The van der Waals surface area contributed by atoms with E-state index in [1.54, 1.807) is 24.3 Å². The topological polar surface area (TPSA) is 49.4 Å². The Hall–Kier alpha value is -1.56. The Kier molecular flexibility index (Phi) is 4.88. The summed E-state index contributed by atoms with van der Waals surface area (Å²) in [6.07, 6.45) is 0. The lowest BCUT2D eigenvalue weighted by Gasteiger charge is -2.13. The third-order valence-electron chi connectivity index (χ3n) is 3.07. The third kappa shape index (κ3) is 3.56. The molecule has 0 spiro atoms. The highest BCUT2D eigenvalue weighted by molar-refractivity contribution is 7.89. The van der Waals surface area contributed by atoms with Gasteiger partial charge in [-0.05, 0) is 35.9 Å². The number of hydrogen-bond donors (Lipinski definition) is 1. The fourth-order valence-corrected chi connectivity index (χ4v) is 2.97. The minimum Gasteiger partial charge on any atom is -0.355 e. The van der Waals surface area contributed by atoms with Crippen LogP contribution in [0.5, 0.6) is 0 Å². The Morgan fingerprint density at radius 3 is 2.24 bits per heavy atom. The summed E-state index contributed by atoms with van der Waals surface area (Å²) in [6, 6.07) is 14.4. The monoisotopic (exact) mass is 324 g/mol. The number of para-hydroxylation sites is 1. The van der Waals surface area contributed by atoms with E-state index in [0.717, 1.165) is 16.9 Å². The van der Waals surface area contributed by atoms with Crippen molar-refractivity contribution in [3.05, 3.63) is 54.1 Å². The fraction of sp³-hybridized carbons (Fsp3) is 0.200. The molecule has 2 rings (SSSR count). The quantitative estimate of drug-likeness (QED) is 0.857. The second-order valence-corrected chi connectivity index (χ2v) is 7.15. The molecule has 0 aliphatic carbocycles. The maximum atomic E-state index is 12.0. The molecule has 0 unspecified atom stereocenters. The van der Waals surface area contributed by atoms with Gasteiger partial charge in [0.1, 0.15) is 0 Å². The molecule has 1 N–H and O–H groups in total. The van der Waals surface area contributed by atoms with Crippen LogP contribution in [0.4, 0.5) is 11.4 Å². The lowest BCUT2D eigenvalue weighted by Crippen LogP contribution is -2.22. The number of hydrogen-bond acceptors (Lipinski definition) is 3. The molecule has 21 heavy (non-hydrogen) atoms. The van der Waals surface area contributed by atoms with Crippen LogP contribution in [0.1, 0.15) is 5.56 Å². The molecule has 0 atom stereocenters. The van der Waals surface area contributed by atoms with Crippen molar-refractivity contribution in [2.45, 2.75) is 10.8 Å². The van der Waals surface area contributed by atoms with Gasteiger partial charge < -0.3 is 5.32 Å². The van der Waals surface area contributed by atoms with Crippen LogP contribution in [-0.4, -0.2) is 26.8 Å². The summed E-state index contributed by atoms with van der Waals surface area (Å²) in [5, 5.41) is 3.24. The molecule has 0 bridgehead atoms. The second-order valence-electron chi connectivity index (χ2n) is 4.73. The Bertz CT molecular complexity index is 713. The standard InChI is InChI=1S/C15H17ClN2O2S/c1-18(2)21(19,20)14-9-7-13(8-10-14)17-15-6-4-3-5-12(15)11-16/h3-10,17H,11H2,1-2H3. The number of halogens is 1. The third-order valence-corrected chi connectivity index (χ3v) is 5.19. The van der Waals surface area contributed by atoms with E-state index in [4.69, 9.17) is 11.6 Å². The maximum absolute atomic E-state index is 12.0. The van der Waals surface area contributed by atoms with E-state index in [1.165, 1.54) is 18.4 Å². The molecule has 2 aromatic rings. The molecule has 0 heterocycles. The molecule has 0 amide bonds. The summed E-state index contributed by atoms with van der Waals surface area (Å²) in [6.45, 7) is 0. The number of nitrogens with zero attached hydrogens (tertiary/aromatic N) is 1. The Morgan fingerprint density at radius 2 is 1.67 bits per heavy atom. The van der Waals surface area contributed by atoms with E-state index in [-0.39, 0.29) is 4.90 Å². The number of nitrogens with one attached hydrogen (secondary N) is 1. The summed E-state index contributed by atoms with van der Waals surface area (Å²) in [4.78, 5) is 0.267. The van der Waals surface area contributed by atoms with Crippen molar-refractivity contribution in [3.63, 3.8) is 0 Å². The van der Waals surface area contributed by atoms with Crippen molar-refractivity contribution < 1.29 is 8.42 Å². The average Bonchev–Trinajstić information content (AvgIpc) is 2.48. The highest BCUT2D eigenvalue weighted by Gasteiger charge is 2.16. The van der Waals surface area contributed by atoms with Crippen molar-refractivity contribution in [1.82, 2.24) is 4.31 Å². The number of alkyl halides is 1. The molecule has 0 fully saturated rings. The van der Waals surface area contributed by atoms with E-state index in [0.29, 0.717) is 5.88 Å². The molecule has 0 saturated carbocycles. The Labute approximate surface area is 130 Å². The predicted molar refractivity (Wildman–Crippen MR) is 86.6 cm³/mol. The molecular formula is C15H17ClN2O2S. The van der Waals surface area contributed by atoms with Crippen molar-refractivity contribution in [2.24, 2.45) is 0 Å². The minimum atomic E-state index is -3.39. The molecule has 6 heteroatoms. The maximum Gasteiger partial charge on any atom is 0.242 e. The van der Waals surface area contributed by atoms with Gasteiger partial charge in [-0.2, -0.15) is 0 Å². The zero-order chi connectivity index (χ0) is 15.5. The van der Waals surface area contributed by atoms with Gasteiger partial charge in [0.25, 0.3) is 0 Å². The smallest absolute Gasteiger partial charge is 0.242 e. The van der Waals surface area contributed by atoms with E-state index in [9.17, 15) is 8.42 Å². The van der Waals surface area contributed by atoms with Crippen molar-refractivity contribution in [3.8, 4) is 0 Å². The van der Waals surface area contributed by atoms with Crippen LogP contribution in [0.2, 0.25) is 0 Å². The van der Waals surface area contributed by atoms with Crippen LogP contribution < -0.4 is 5.32 Å². The van der Waals surface area contributed by atoms with E-state index in [2.05, 4.69) is 5.32 Å². The Balaban J connectivity index is 2.24. The fourth-order valence-electron chi connectivity index (χ4n) is 1.84. The zero-order valence-electron chi connectivity index (χ0n) is 11.9. The first-order valence-electron chi connectivity index (χ1n) is 6.38. The van der Waals surface area contributed by atoms with Crippen LogP contribution >= 0.6 is 11.6 Å². The van der Waals surface area contributed by atoms with Crippen LogP contribution in [0.25, 0.3) is 0 Å². The number of sulfonamides is 1. The van der Waals surface area contributed by atoms with Crippen molar-refractivity contribution >= 4 is 33.0 Å². The molecule has 4 nitrogen and oxygen atoms in total. The number of rotatable bonds is 5. The van der Waals surface area contributed by atoms with Crippen molar-refractivity contribution in [1.29, 1.82) is 0 Å². The van der Waals surface area contributed by atoms with E-state index < -0.39 is 10.0 Å². The highest BCUT2D eigenvalue weighted by atomic mass is 35.5. The van der Waals surface area contributed by atoms with Crippen LogP contribution in [0, 0.1) is 0 Å². The molecule has 0 aliphatic heterocycles. The molecule has 0 radical (unpaired) electrons. The van der Waals surface area contributed by atoms with Gasteiger partial charge >= 0.3 is 0 Å². The van der Waals surface area contributed by atoms with Gasteiger partial charge in [-0.3, -0.25) is 0 Å². The van der Waals surface area contributed by atoms with E-state index >= 15 is 0 Å². The molecular weight excluding hydrogens is 308 g/mol. The van der Waals surface area contributed by atoms with Gasteiger partial charge in [0.05, 0.1) is 4.90 Å². The van der Waals surface area contributed by atoms with Crippen LogP contribution in [0.3, 0.4) is 0 Å². The molecule has 2 aromatic carbocycles. The molecule has 0 saturated heterocycles. The lowest BCUT2D eigenvalue weighted by molar-refractivity contribution is 0.521. The average molecular weight is 325 g/mol. The summed E-state index contributed by atoms with van der Waals surface area (Å²) < 4.78 is 25.2. The van der Waals surface area contributed by atoms with Crippen LogP contribution in [0.15, 0.2) is 53.4 Å². The van der Waals surface area contributed by atoms with E-state index in [1.807, 2.05) is 24.3 Å². The van der Waals surface area contributed by atoms with Crippen molar-refractivity contribution in [2.75, 3.05) is 19.4 Å². The molecule has 0 aromatic heterocycles.